The highest BCUT2D eigenvalue weighted by Gasteiger charge is 2.13. The smallest absolute Gasteiger partial charge is 0.378 e. The third kappa shape index (κ3) is 3.32. The van der Waals surface area contributed by atoms with Crippen molar-refractivity contribution in [1.29, 1.82) is 0 Å². The van der Waals surface area contributed by atoms with Gasteiger partial charge < -0.3 is 4.74 Å². The minimum Gasteiger partial charge on any atom is -0.463 e. The number of carbonyl (C=O) groups excluding carboxylic acids is 2. The number of rotatable bonds is 3. The molecule has 0 atom stereocenters. The quantitative estimate of drug-likeness (QED) is 0.393. The lowest BCUT2D eigenvalue weighted by Gasteiger charge is -2.17. The molecule has 0 radical (unpaired) electrons. The monoisotopic (exact) mass is 196 g/mol. The standard InChI is InChI=1S/C11H16O3/c1-14-11(13)10(12)8-7-9-5-3-2-4-6-9/h7-9H,2-6H2,1H3/b8-7+. The maximum Gasteiger partial charge on any atom is 0.378 e. The van der Waals surface area contributed by atoms with Crippen LogP contribution in [0.25, 0.3) is 0 Å². The predicted molar refractivity (Wildman–Crippen MR) is 52.7 cm³/mol. The number of allylic oxidation sites excluding steroid dienone is 1. The number of ether oxygens (including phenoxy) is 1. The van der Waals surface area contributed by atoms with Crippen LogP contribution in [0, 0.1) is 5.92 Å². The van der Waals surface area contributed by atoms with Crippen molar-refractivity contribution in [3.63, 3.8) is 0 Å². The summed E-state index contributed by atoms with van der Waals surface area (Å²) in [5, 5.41) is 0. The van der Waals surface area contributed by atoms with Crippen molar-refractivity contribution in [2.24, 2.45) is 5.92 Å². The Labute approximate surface area is 84.1 Å². The molecule has 0 N–H and O–H groups in total. The predicted octanol–water partition coefficient (Wildman–Crippen LogP) is 1.86. The molecular weight excluding hydrogens is 180 g/mol. The zero-order valence-corrected chi connectivity index (χ0v) is 8.49. The Bertz CT molecular complexity index is 237. The number of esters is 1. The fourth-order valence-corrected chi connectivity index (χ4v) is 1.72. The second-order valence-corrected chi connectivity index (χ2v) is 3.61. The number of ketones is 1. The van der Waals surface area contributed by atoms with Gasteiger partial charge in [0.1, 0.15) is 0 Å². The summed E-state index contributed by atoms with van der Waals surface area (Å²) in [4.78, 5) is 21.8. The Morgan fingerprint density at radius 3 is 2.43 bits per heavy atom. The summed E-state index contributed by atoms with van der Waals surface area (Å²) >= 11 is 0. The molecule has 1 rings (SSSR count). The van der Waals surface area contributed by atoms with Crippen LogP contribution >= 0.6 is 0 Å². The van der Waals surface area contributed by atoms with Gasteiger partial charge in [-0.2, -0.15) is 0 Å². The molecule has 0 spiro atoms. The Kier molecular flexibility index (Phi) is 4.36. The minimum absolute atomic E-state index is 0.470. The first-order valence-corrected chi connectivity index (χ1v) is 5.04. The molecule has 0 amide bonds. The molecule has 0 bridgehead atoms. The van der Waals surface area contributed by atoms with E-state index in [1.807, 2.05) is 6.08 Å². The molecule has 3 heteroatoms. The largest absolute Gasteiger partial charge is 0.463 e. The molecule has 0 aromatic carbocycles. The zero-order chi connectivity index (χ0) is 10.4. The lowest BCUT2D eigenvalue weighted by atomic mass is 9.89. The summed E-state index contributed by atoms with van der Waals surface area (Å²) in [6, 6.07) is 0. The van der Waals surface area contributed by atoms with Crippen LogP contribution in [0.2, 0.25) is 0 Å². The minimum atomic E-state index is -0.781. The number of hydrogen-bond donors (Lipinski definition) is 0. The van der Waals surface area contributed by atoms with E-state index in [0.717, 1.165) is 12.8 Å². The lowest BCUT2D eigenvalue weighted by Crippen LogP contribution is -2.13. The van der Waals surface area contributed by atoms with Gasteiger partial charge in [-0.05, 0) is 24.8 Å². The first-order valence-electron chi connectivity index (χ1n) is 5.04. The first-order chi connectivity index (χ1) is 6.74. The second-order valence-electron chi connectivity index (χ2n) is 3.61. The average molecular weight is 196 g/mol. The van der Waals surface area contributed by atoms with E-state index >= 15 is 0 Å². The normalized spacial score (nSPS) is 18.4. The third-order valence-electron chi connectivity index (χ3n) is 2.56. The van der Waals surface area contributed by atoms with Gasteiger partial charge in [0.25, 0.3) is 5.78 Å². The molecule has 0 aromatic heterocycles. The van der Waals surface area contributed by atoms with Crippen molar-refractivity contribution in [3.05, 3.63) is 12.2 Å². The van der Waals surface area contributed by atoms with E-state index < -0.39 is 11.8 Å². The summed E-state index contributed by atoms with van der Waals surface area (Å²) in [6.07, 6.45) is 9.19. The molecule has 0 aromatic rings. The van der Waals surface area contributed by atoms with Gasteiger partial charge in [-0.3, -0.25) is 4.79 Å². The number of methoxy groups -OCH3 is 1. The maximum absolute atomic E-state index is 11.1. The lowest BCUT2D eigenvalue weighted by molar-refractivity contribution is -0.149. The van der Waals surface area contributed by atoms with Crippen molar-refractivity contribution >= 4 is 11.8 Å². The van der Waals surface area contributed by atoms with Crippen molar-refractivity contribution in [2.45, 2.75) is 32.1 Å². The highest BCUT2D eigenvalue weighted by molar-refractivity contribution is 6.38. The van der Waals surface area contributed by atoms with Crippen LogP contribution in [0.1, 0.15) is 32.1 Å². The fourth-order valence-electron chi connectivity index (χ4n) is 1.72. The molecule has 3 nitrogen and oxygen atoms in total. The molecule has 0 heterocycles. The van der Waals surface area contributed by atoms with Crippen LogP contribution in [0.15, 0.2) is 12.2 Å². The maximum atomic E-state index is 11.1. The van der Waals surface area contributed by atoms with Gasteiger partial charge in [-0.15, -0.1) is 0 Å². The average Bonchev–Trinajstić information content (AvgIpc) is 2.26. The summed E-state index contributed by atoms with van der Waals surface area (Å²) in [5.74, 6) is -0.868. The second kappa shape index (κ2) is 5.58. The molecular formula is C11H16O3. The molecule has 1 fully saturated rings. The van der Waals surface area contributed by atoms with Crippen LogP contribution in [-0.4, -0.2) is 18.9 Å². The molecule has 1 aliphatic carbocycles. The molecule has 14 heavy (non-hydrogen) atoms. The van der Waals surface area contributed by atoms with E-state index in [9.17, 15) is 9.59 Å². The van der Waals surface area contributed by atoms with E-state index in [1.54, 1.807) is 0 Å². The Morgan fingerprint density at radius 2 is 1.86 bits per heavy atom. The highest BCUT2D eigenvalue weighted by atomic mass is 16.5. The Morgan fingerprint density at radius 1 is 1.21 bits per heavy atom. The zero-order valence-electron chi connectivity index (χ0n) is 8.49. The van der Waals surface area contributed by atoms with Crippen LogP contribution in [0.5, 0.6) is 0 Å². The topological polar surface area (TPSA) is 43.4 Å². The van der Waals surface area contributed by atoms with Crippen molar-refractivity contribution in [2.75, 3.05) is 7.11 Å². The molecule has 1 aliphatic rings. The molecule has 0 saturated heterocycles. The third-order valence-corrected chi connectivity index (χ3v) is 2.56. The summed E-state index contributed by atoms with van der Waals surface area (Å²) < 4.78 is 4.31. The van der Waals surface area contributed by atoms with Crippen molar-refractivity contribution in [3.8, 4) is 0 Å². The van der Waals surface area contributed by atoms with E-state index in [2.05, 4.69) is 4.74 Å². The summed E-state index contributed by atoms with van der Waals surface area (Å²) in [6.45, 7) is 0. The summed E-state index contributed by atoms with van der Waals surface area (Å²) in [7, 11) is 1.22. The molecule has 0 aliphatic heterocycles. The highest BCUT2D eigenvalue weighted by Crippen LogP contribution is 2.24. The summed E-state index contributed by atoms with van der Waals surface area (Å²) in [5.41, 5.74) is 0. The van der Waals surface area contributed by atoms with Gasteiger partial charge in [0, 0.05) is 0 Å². The van der Waals surface area contributed by atoms with Crippen LogP contribution in [0.4, 0.5) is 0 Å². The van der Waals surface area contributed by atoms with E-state index in [-0.39, 0.29) is 0 Å². The van der Waals surface area contributed by atoms with Gasteiger partial charge in [0.15, 0.2) is 0 Å². The van der Waals surface area contributed by atoms with Crippen LogP contribution in [-0.2, 0) is 14.3 Å². The van der Waals surface area contributed by atoms with E-state index in [0.29, 0.717) is 5.92 Å². The van der Waals surface area contributed by atoms with Gasteiger partial charge in [0.2, 0.25) is 0 Å². The van der Waals surface area contributed by atoms with Crippen LogP contribution < -0.4 is 0 Å². The molecule has 0 unspecified atom stereocenters. The van der Waals surface area contributed by atoms with Crippen molar-refractivity contribution in [1.82, 2.24) is 0 Å². The van der Waals surface area contributed by atoms with E-state index in [4.69, 9.17) is 0 Å². The van der Waals surface area contributed by atoms with Crippen LogP contribution in [0.3, 0.4) is 0 Å². The van der Waals surface area contributed by atoms with Gasteiger partial charge in [-0.25, -0.2) is 4.79 Å². The Balaban J connectivity index is 2.37. The Hall–Kier alpha value is -1.12. The first kappa shape index (κ1) is 11.0. The van der Waals surface area contributed by atoms with Gasteiger partial charge in [-0.1, -0.05) is 25.3 Å². The van der Waals surface area contributed by atoms with Crippen molar-refractivity contribution < 1.29 is 14.3 Å². The molecule has 1 saturated carbocycles. The SMILES string of the molecule is COC(=O)C(=O)/C=C/C1CCCCC1. The number of carbonyl (C=O) groups is 2. The number of hydrogen-bond acceptors (Lipinski definition) is 3. The van der Waals surface area contributed by atoms with Gasteiger partial charge in [0.05, 0.1) is 7.11 Å². The fraction of sp³-hybridized carbons (Fsp3) is 0.636. The van der Waals surface area contributed by atoms with Gasteiger partial charge >= 0.3 is 5.97 Å². The van der Waals surface area contributed by atoms with E-state index in [1.165, 1.54) is 32.4 Å². The molecule has 78 valence electrons.